The van der Waals surface area contributed by atoms with E-state index in [1.807, 2.05) is 0 Å². The van der Waals surface area contributed by atoms with Gasteiger partial charge in [0.1, 0.15) is 5.75 Å². The third-order valence-corrected chi connectivity index (χ3v) is 9.05. The van der Waals surface area contributed by atoms with Gasteiger partial charge in [0.05, 0.1) is 14.2 Å². The molecule has 1 aliphatic heterocycles. The van der Waals surface area contributed by atoms with Crippen LogP contribution in [0.4, 0.5) is 0 Å². The third kappa shape index (κ3) is 3.47. The summed E-state index contributed by atoms with van der Waals surface area (Å²) in [5.41, 5.74) is 0.0652. The summed E-state index contributed by atoms with van der Waals surface area (Å²) in [6.45, 7) is 0. The van der Waals surface area contributed by atoms with E-state index in [0.29, 0.717) is 0 Å². The van der Waals surface area contributed by atoms with E-state index in [9.17, 15) is 31.5 Å². The van der Waals surface area contributed by atoms with Gasteiger partial charge in [-0.1, -0.05) is 12.1 Å². The number of phenols is 1. The summed E-state index contributed by atoms with van der Waals surface area (Å²) in [4.78, 5) is 24.2. The number of hydrogen-bond donors (Lipinski definition) is 1. The number of methoxy groups -OCH3 is 2. The minimum Gasteiger partial charge on any atom is -0.508 e. The number of rotatable bonds is 3. The van der Waals surface area contributed by atoms with E-state index in [1.54, 1.807) is 0 Å². The fraction of sp³-hybridized carbons (Fsp3) is 0.429. The molecule has 9 nitrogen and oxygen atoms in total. The quantitative estimate of drug-likeness (QED) is 0.665. The molecule has 0 spiro atoms. The molecule has 0 saturated carbocycles. The largest absolute Gasteiger partial charge is 0.508 e. The predicted octanol–water partition coefficient (Wildman–Crippen LogP) is -0.640. The van der Waals surface area contributed by atoms with Gasteiger partial charge in [-0.3, -0.25) is 9.59 Å². The second kappa shape index (κ2) is 6.64. The summed E-state index contributed by atoms with van der Waals surface area (Å²) in [6.07, 6.45) is 0. The van der Waals surface area contributed by atoms with E-state index >= 15 is 0 Å². The number of phenolic OH excluding ortho intramolecular Hbond substituents is 1. The second-order valence-electron chi connectivity index (χ2n) is 5.45. The first kappa shape index (κ1) is 19.2. The van der Waals surface area contributed by atoms with Crippen LogP contribution in [0, 0.1) is 0 Å². The fourth-order valence-corrected chi connectivity index (χ4v) is 8.25. The zero-order chi connectivity index (χ0) is 19.0. The molecule has 0 aliphatic carbocycles. The summed E-state index contributed by atoms with van der Waals surface area (Å²) in [5.74, 6) is -4.08. The number of sulfone groups is 2. The van der Waals surface area contributed by atoms with Crippen molar-refractivity contribution in [2.75, 3.05) is 19.3 Å². The zero-order valence-electron chi connectivity index (χ0n) is 13.3. The lowest BCUT2D eigenvalue weighted by molar-refractivity contribution is -0.142. The van der Waals surface area contributed by atoms with Crippen molar-refractivity contribution < 1.29 is 41.0 Å². The standard InChI is InChI=1S/C14H16O9S2/c1-22-13(16)11-10(8-3-5-9(15)6-4-8)12(14(17)23-2)25(20,21)7-24(11,18)19/h3-6,10-12,15H,7H2,1-2H3/t10?,11-,12+. The van der Waals surface area contributed by atoms with Crippen molar-refractivity contribution in [2.45, 2.75) is 16.4 Å². The number of carbonyl (C=O) groups is 2. The number of benzene rings is 1. The molecule has 0 bridgehead atoms. The first-order valence-electron chi connectivity index (χ1n) is 6.93. The smallest absolute Gasteiger partial charge is 0.324 e. The number of hydrogen-bond acceptors (Lipinski definition) is 9. The van der Waals surface area contributed by atoms with Crippen LogP contribution in [0.1, 0.15) is 11.5 Å². The van der Waals surface area contributed by atoms with Crippen LogP contribution >= 0.6 is 0 Å². The Morgan fingerprint density at radius 1 is 0.920 bits per heavy atom. The summed E-state index contributed by atoms with van der Waals surface area (Å²) in [7, 11) is -6.99. The molecule has 3 atom stereocenters. The van der Waals surface area contributed by atoms with Gasteiger partial charge < -0.3 is 14.6 Å². The number of ether oxygens (including phenoxy) is 2. The van der Waals surface area contributed by atoms with E-state index in [-0.39, 0.29) is 11.3 Å². The van der Waals surface area contributed by atoms with Gasteiger partial charge in [-0.2, -0.15) is 0 Å². The number of esters is 2. The van der Waals surface area contributed by atoms with Crippen LogP contribution in [0.5, 0.6) is 5.75 Å². The number of aromatic hydroxyl groups is 1. The molecule has 0 amide bonds. The van der Waals surface area contributed by atoms with E-state index in [4.69, 9.17) is 0 Å². The van der Waals surface area contributed by atoms with Crippen molar-refractivity contribution in [3.8, 4) is 5.75 Å². The molecule has 25 heavy (non-hydrogen) atoms. The highest BCUT2D eigenvalue weighted by Gasteiger charge is 2.58. The molecule has 1 N–H and O–H groups in total. The van der Waals surface area contributed by atoms with Crippen LogP contribution < -0.4 is 0 Å². The predicted molar refractivity (Wildman–Crippen MR) is 85.2 cm³/mol. The average Bonchev–Trinajstić information content (AvgIpc) is 2.52. The Kier molecular flexibility index (Phi) is 5.09. The zero-order valence-corrected chi connectivity index (χ0v) is 14.9. The summed E-state index contributed by atoms with van der Waals surface area (Å²) in [5, 5.41) is 4.23. The minimum absolute atomic E-state index is 0.0652. The van der Waals surface area contributed by atoms with Gasteiger partial charge in [-0.25, -0.2) is 16.8 Å². The maximum Gasteiger partial charge on any atom is 0.324 e. The van der Waals surface area contributed by atoms with Crippen LogP contribution in [0.25, 0.3) is 0 Å². The Bertz CT molecular complexity index is 833. The van der Waals surface area contributed by atoms with Crippen LogP contribution in [0.15, 0.2) is 24.3 Å². The summed E-state index contributed by atoms with van der Waals surface area (Å²) >= 11 is 0. The Morgan fingerprint density at radius 2 is 1.32 bits per heavy atom. The topological polar surface area (TPSA) is 141 Å². The highest BCUT2D eigenvalue weighted by atomic mass is 32.3. The lowest BCUT2D eigenvalue weighted by Gasteiger charge is -2.34. The Balaban J connectivity index is 2.77. The Hall–Kier alpha value is -2.14. The molecule has 138 valence electrons. The van der Waals surface area contributed by atoms with Crippen molar-refractivity contribution in [2.24, 2.45) is 0 Å². The molecule has 1 heterocycles. The molecule has 1 aromatic rings. The Morgan fingerprint density at radius 3 is 1.68 bits per heavy atom. The van der Waals surface area contributed by atoms with Gasteiger partial charge in [0.2, 0.25) is 0 Å². The molecule has 1 fully saturated rings. The van der Waals surface area contributed by atoms with Crippen molar-refractivity contribution in [3.05, 3.63) is 29.8 Å². The lowest BCUT2D eigenvalue weighted by atomic mass is 9.91. The van der Waals surface area contributed by atoms with E-state index in [2.05, 4.69) is 9.47 Å². The molecule has 1 aromatic carbocycles. The van der Waals surface area contributed by atoms with Gasteiger partial charge >= 0.3 is 11.9 Å². The van der Waals surface area contributed by atoms with E-state index < -0.39 is 53.1 Å². The molecule has 2 rings (SSSR count). The maximum absolute atomic E-state index is 12.4. The molecule has 1 unspecified atom stereocenters. The van der Waals surface area contributed by atoms with Crippen molar-refractivity contribution in [1.82, 2.24) is 0 Å². The molecular formula is C14H16O9S2. The summed E-state index contributed by atoms with van der Waals surface area (Å²) < 4.78 is 58.7. The monoisotopic (exact) mass is 392 g/mol. The molecule has 1 saturated heterocycles. The average molecular weight is 392 g/mol. The lowest BCUT2D eigenvalue weighted by Crippen LogP contribution is -2.55. The number of carbonyl (C=O) groups excluding carboxylic acids is 2. The van der Waals surface area contributed by atoms with Crippen molar-refractivity contribution in [3.63, 3.8) is 0 Å². The van der Waals surface area contributed by atoms with Crippen LogP contribution in [-0.4, -0.2) is 63.7 Å². The fourth-order valence-electron chi connectivity index (χ4n) is 2.85. The normalized spacial score (nSPS) is 27.2. The molecule has 0 aromatic heterocycles. The first-order chi connectivity index (χ1) is 11.5. The first-order valence-corrected chi connectivity index (χ1v) is 10.4. The van der Waals surface area contributed by atoms with Gasteiger partial charge in [-0.15, -0.1) is 0 Å². The van der Waals surface area contributed by atoms with Crippen molar-refractivity contribution >= 4 is 31.6 Å². The van der Waals surface area contributed by atoms with Gasteiger partial charge in [0.25, 0.3) is 0 Å². The minimum atomic E-state index is -4.46. The molecule has 1 aliphatic rings. The van der Waals surface area contributed by atoms with Crippen LogP contribution in [0.2, 0.25) is 0 Å². The third-order valence-electron chi connectivity index (χ3n) is 3.90. The second-order valence-corrected chi connectivity index (χ2v) is 10.1. The summed E-state index contributed by atoms with van der Waals surface area (Å²) in [6, 6.07) is 4.85. The maximum atomic E-state index is 12.4. The molecular weight excluding hydrogens is 376 g/mol. The van der Waals surface area contributed by atoms with Crippen LogP contribution in [0.3, 0.4) is 0 Å². The molecule has 0 radical (unpaired) electrons. The van der Waals surface area contributed by atoms with Gasteiger partial charge in [0, 0.05) is 5.92 Å². The van der Waals surface area contributed by atoms with Gasteiger partial charge in [-0.05, 0) is 17.7 Å². The Labute approximate surface area is 144 Å². The highest BCUT2D eigenvalue weighted by Crippen LogP contribution is 2.39. The molecule has 11 heteroatoms. The van der Waals surface area contributed by atoms with Gasteiger partial charge in [0.15, 0.2) is 35.3 Å². The highest BCUT2D eigenvalue weighted by molar-refractivity contribution is 8.10. The van der Waals surface area contributed by atoms with E-state index in [1.165, 1.54) is 24.3 Å². The SMILES string of the molecule is COC(=O)[C@@H]1C(c2ccc(O)cc2)[C@H](C(=O)OC)S(=O)(=O)CS1(=O)=O. The van der Waals surface area contributed by atoms with E-state index in [0.717, 1.165) is 14.2 Å². The van der Waals surface area contributed by atoms with Crippen LogP contribution in [-0.2, 0) is 38.7 Å². The van der Waals surface area contributed by atoms with Crippen molar-refractivity contribution in [1.29, 1.82) is 0 Å².